The second-order valence-electron chi connectivity index (χ2n) is 4.11. The minimum Gasteiger partial charge on any atom is -0.319 e. The molecule has 1 N–H and O–H groups in total. The zero-order chi connectivity index (χ0) is 15.5. The summed E-state index contributed by atoms with van der Waals surface area (Å²) in [6, 6.07) is 3.44. The van der Waals surface area contributed by atoms with E-state index in [0.717, 1.165) is 4.47 Å². The van der Waals surface area contributed by atoms with Crippen LogP contribution in [0.2, 0.25) is 0 Å². The maximum atomic E-state index is 11.4. The number of rotatable bonds is 4. The van der Waals surface area contributed by atoms with Gasteiger partial charge in [0.2, 0.25) is 11.6 Å². The Morgan fingerprint density at radius 1 is 1.27 bits per heavy atom. The molecule has 0 aliphatic carbocycles. The van der Waals surface area contributed by atoms with Crippen LogP contribution in [0.25, 0.3) is 5.82 Å². The third-order valence-corrected chi connectivity index (χ3v) is 3.18. The lowest BCUT2D eigenvalue weighted by atomic mass is 10.4. The van der Waals surface area contributed by atoms with Crippen molar-refractivity contribution in [2.45, 2.75) is 0 Å². The van der Waals surface area contributed by atoms with Crippen molar-refractivity contribution in [2.75, 3.05) is 5.32 Å². The van der Waals surface area contributed by atoms with Crippen molar-refractivity contribution in [1.82, 2.24) is 24.5 Å². The van der Waals surface area contributed by atoms with E-state index in [-0.39, 0.29) is 17.3 Å². The first-order valence-electron chi connectivity index (χ1n) is 6.01. The Kier molecular flexibility index (Phi) is 3.74. The Morgan fingerprint density at radius 2 is 2.14 bits per heavy atom. The number of hydrogen-bond acceptors (Lipinski definition) is 7. The van der Waals surface area contributed by atoms with Crippen molar-refractivity contribution in [1.29, 1.82) is 0 Å². The number of nitro groups is 1. The zero-order valence-electron chi connectivity index (χ0n) is 10.9. The van der Waals surface area contributed by atoms with E-state index >= 15 is 0 Å². The molecule has 3 rings (SSSR count). The van der Waals surface area contributed by atoms with Crippen molar-refractivity contribution < 1.29 is 4.92 Å². The van der Waals surface area contributed by atoms with Gasteiger partial charge in [0.05, 0.1) is 4.92 Å². The van der Waals surface area contributed by atoms with Gasteiger partial charge in [0.25, 0.3) is 0 Å². The molecule has 0 saturated carbocycles. The van der Waals surface area contributed by atoms with Crippen molar-refractivity contribution >= 4 is 33.3 Å². The molecule has 0 aromatic carbocycles. The van der Waals surface area contributed by atoms with Crippen LogP contribution >= 0.6 is 15.9 Å². The van der Waals surface area contributed by atoms with Crippen molar-refractivity contribution in [2.24, 2.45) is 0 Å². The van der Waals surface area contributed by atoms with Gasteiger partial charge >= 0.3 is 5.69 Å². The van der Waals surface area contributed by atoms with Crippen LogP contribution in [-0.2, 0) is 0 Å². The fourth-order valence-electron chi connectivity index (χ4n) is 1.77. The SMILES string of the molecule is O=[N+]([O-])c1c(Nc2ccc(Br)cn2)ncnc1-n1ccnc1. The van der Waals surface area contributed by atoms with E-state index in [1.807, 2.05) is 0 Å². The highest BCUT2D eigenvalue weighted by Gasteiger charge is 2.24. The average molecular weight is 362 g/mol. The van der Waals surface area contributed by atoms with Crippen LogP contribution in [0, 0.1) is 10.1 Å². The average Bonchev–Trinajstić information content (AvgIpc) is 3.03. The van der Waals surface area contributed by atoms with Crippen LogP contribution in [0.15, 0.2) is 47.9 Å². The quantitative estimate of drug-likeness (QED) is 0.560. The number of aromatic nitrogens is 5. The van der Waals surface area contributed by atoms with Crippen molar-refractivity contribution in [3.8, 4) is 5.82 Å². The minimum absolute atomic E-state index is 0.0542. The summed E-state index contributed by atoms with van der Waals surface area (Å²) < 4.78 is 2.24. The van der Waals surface area contributed by atoms with Gasteiger partial charge in [-0.15, -0.1) is 0 Å². The van der Waals surface area contributed by atoms with Gasteiger partial charge in [-0.1, -0.05) is 0 Å². The molecule has 0 fully saturated rings. The van der Waals surface area contributed by atoms with Crippen molar-refractivity contribution in [3.63, 3.8) is 0 Å². The minimum atomic E-state index is -0.545. The van der Waals surface area contributed by atoms with E-state index in [9.17, 15) is 10.1 Å². The molecule has 0 amide bonds. The molecule has 0 aliphatic rings. The largest absolute Gasteiger partial charge is 0.354 e. The number of nitrogens with one attached hydrogen (secondary N) is 1. The van der Waals surface area contributed by atoms with E-state index in [2.05, 4.69) is 41.2 Å². The topological polar surface area (TPSA) is 112 Å². The monoisotopic (exact) mass is 361 g/mol. The molecule has 9 nitrogen and oxygen atoms in total. The van der Waals surface area contributed by atoms with Crippen LogP contribution in [0.1, 0.15) is 0 Å². The summed E-state index contributed by atoms with van der Waals surface area (Å²) in [5, 5.41) is 14.2. The molecule has 22 heavy (non-hydrogen) atoms. The Balaban J connectivity index is 2.06. The summed E-state index contributed by atoms with van der Waals surface area (Å²) in [6.07, 6.45) is 7.32. The number of imidazole rings is 1. The number of hydrogen-bond donors (Lipinski definition) is 1. The smallest absolute Gasteiger partial charge is 0.319 e. The lowest BCUT2D eigenvalue weighted by Gasteiger charge is -2.08. The molecule has 3 aromatic rings. The number of nitrogens with zero attached hydrogens (tertiary/aromatic N) is 6. The predicted octanol–water partition coefficient (Wildman–Crippen LogP) is 2.47. The van der Waals surface area contributed by atoms with E-state index in [1.165, 1.54) is 23.4 Å². The van der Waals surface area contributed by atoms with Crippen LogP contribution in [0.3, 0.4) is 0 Å². The Bertz CT molecular complexity index is 805. The zero-order valence-corrected chi connectivity index (χ0v) is 12.5. The molecular weight excluding hydrogens is 354 g/mol. The maximum Gasteiger partial charge on any atom is 0.354 e. The standard InChI is InChI=1S/C12H8BrN7O2/c13-8-1-2-9(15-5-8)18-11-10(20(21)22)12(17-6-16-11)19-4-3-14-7-19/h1-7H,(H,15,16,17,18). The lowest BCUT2D eigenvalue weighted by Crippen LogP contribution is -2.07. The van der Waals surface area contributed by atoms with Gasteiger partial charge in [-0.25, -0.2) is 19.9 Å². The van der Waals surface area contributed by atoms with E-state index in [4.69, 9.17) is 0 Å². The van der Waals surface area contributed by atoms with E-state index < -0.39 is 4.92 Å². The molecule has 0 aliphatic heterocycles. The summed E-state index contributed by atoms with van der Waals surface area (Å²) >= 11 is 3.27. The summed E-state index contributed by atoms with van der Waals surface area (Å²) in [7, 11) is 0. The fraction of sp³-hybridized carbons (Fsp3) is 0. The molecule has 3 heterocycles. The van der Waals surface area contributed by atoms with Crippen LogP contribution in [0.4, 0.5) is 17.3 Å². The fourth-order valence-corrected chi connectivity index (χ4v) is 2.01. The van der Waals surface area contributed by atoms with Crippen LogP contribution in [-0.4, -0.2) is 29.4 Å². The highest BCUT2D eigenvalue weighted by molar-refractivity contribution is 9.10. The lowest BCUT2D eigenvalue weighted by molar-refractivity contribution is -0.384. The van der Waals surface area contributed by atoms with Gasteiger partial charge in [-0.3, -0.25) is 14.7 Å². The summed E-state index contributed by atoms with van der Waals surface area (Å²) in [4.78, 5) is 26.7. The molecule has 0 radical (unpaired) electrons. The van der Waals surface area contributed by atoms with Crippen molar-refractivity contribution in [3.05, 3.63) is 58.0 Å². The Morgan fingerprint density at radius 3 is 2.77 bits per heavy atom. The van der Waals surface area contributed by atoms with Crippen LogP contribution < -0.4 is 5.32 Å². The molecule has 0 saturated heterocycles. The number of halogens is 1. The first kappa shape index (κ1) is 14.1. The molecule has 0 unspecified atom stereocenters. The first-order chi connectivity index (χ1) is 10.6. The van der Waals surface area contributed by atoms with Crippen LogP contribution in [0.5, 0.6) is 0 Å². The van der Waals surface area contributed by atoms with Gasteiger partial charge < -0.3 is 5.32 Å². The second kappa shape index (κ2) is 5.85. The summed E-state index contributed by atoms with van der Waals surface area (Å²) in [5.74, 6) is 0.609. The molecule has 110 valence electrons. The maximum absolute atomic E-state index is 11.4. The van der Waals surface area contributed by atoms with E-state index in [0.29, 0.717) is 5.82 Å². The molecule has 0 spiro atoms. The third-order valence-electron chi connectivity index (χ3n) is 2.71. The number of anilines is 2. The predicted molar refractivity (Wildman–Crippen MR) is 81.0 cm³/mol. The van der Waals surface area contributed by atoms with E-state index in [1.54, 1.807) is 24.5 Å². The van der Waals surface area contributed by atoms with Gasteiger partial charge in [-0.2, -0.15) is 0 Å². The normalized spacial score (nSPS) is 10.4. The molecule has 3 aromatic heterocycles. The Labute approximate surface area is 132 Å². The molecule has 10 heteroatoms. The Hall–Kier alpha value is -2.88. The molecule has 0 bridgehead atoms. The van der Waals surface area contributed by atoms with Gasteiger partial charge in [0, 0.05) is 23.1 Å². The van der Waals surface area contributed by atoms with Gasteiger partial charge in [-0.05, 0) is 28.1 Å². The van der Waals surface area contributed by atoms with Gasteiger partial charge in [0.1, 0.15) is 18.5 Å². The third kappa shape index (κ3) is 2.76. The molecule has 0 atom stereocenters. The highest BCUT2D eigenvalue weighted by atomic mass is 79.9. The summed E-state index contributed by atoms with van der Waals surface area (Å²) in [6.45, 7) is 0. The second-order valence-corrected chi connectivity index (χ2v) is 5.02. The first-order valence-corrected chi connectivity index (χ1v) is 6.81. The molecular formula is C12H8BrN7O2. The van der Waals surface area contributed by atoms with Gasteiger partial charge in [0.15, 0.2) is 0 Å². The summed E-state index contributed by atoms with van der Waals surface area (Å²) in [5.41, 5.74) is -0.259. The number of pyridine rings is 1. The highest BCUT2D eigenvalue weighted by Crippen LogP contribution is 2.29.